The van der Waals surface area contributed by atoms with Crippen LogP contribution in [0.2, 0.25) is 0 Å². The Morgan fingerprint density at radius 1 is 1.36 bits per heavy atom. The summed E-state index contributed by atoms with van der Waals surface area (Å²) in [6, 6.07) is 3.10. The number of piperazine rings is 1. The Morgan fingerprint density at radius 3 is 2.44 bits per heavy atom. The minimum atomic E-state index is -3.86. The maximum absolute atomic E-state index is 14.0. The number of nitrogens with zero attached hydrogens (tertiary/aromatic N) is 3. The second kappa shape index (κ2) is 7.33. The maximum Gasteiger partial charge on any atom is 0.290 e. The predicted molar refractivity (Wildman–Crippen MR) is 89.5 cm³/mol. The number of aromatic nitrogens is 2. The number of pyridine rings is 1. The molecule has 2 aromatic rings. The molecule has 1 saturated heterocycles. The lowest BCUT2D eigenvalue weighted by Gasteiger charge is -2.36. The quantitative estimate of drug-likeness (QED) is 0.632. The SMILES string of the molecule is C[C@H]1CN(c2nc(F)c3ccc(S(N)(=O)=O)cn23)C[C@H](C)N1.O=CO. The zero-order chi connectivity index (χ0) is 18.8. The first kappa shape index (κ1) is 19.1. The summed E-state index contributed by atoms with van der Waals surface area (Å²) < 4.78 is 38.5. The van der Waals surface area contributed by atoms with Crippen LogP contribution in [-0.2, 0) is 14.8 Å². The molecule has 0 aromatic carbocycles. The van der Waals surface area contributed by atoms with Gasteiger partial charge in [-0.3, -0.25) is 9.20 Å². The van der Waals surface area contributed by atoms with Crippen molar-refractivity contribution in [3.63, 3.8) is 0 Å². The summed E-state index contributed by atoms with van der Waals surface area (Å²) in [5.41, 5.74) is 0.223. The van der Waals surface area contributed by atoms with Crippen molar-refractivity contribution in [2.75, 3.05) is 18.0 Å². The monoisotopic (exact) mass is 373 g/mol. The van der Waals surface area contributed by atoms with Gasteiger partial charge in [-0.25, -0.2) is 13.6 Å². The molecule has 0 amide bonds. The summed E-state index contributed by atoms with van der Waals surface area (Å²) in [6.45, 7) is 5.13. The molecule has 0 aliphatic carbocycles. The van der Waals surface area contributed by atoms with Crippen molar-refractivity contribution in [3.8, 4) is 0 Å². The van der Waals surface area contributed by atoms with E-state index in [0.29, 0.717) is 19.0 Å². The average molecular weight is 373 g/mol. The van der Waals surface area contributed by atoms with Crippen molar-refractivity contribution in [1.29, 1.82) is 0 Å². The molecular weight excluding hydrogens is 353 g/mol. The van der Waals surface area contributed by atoms with E-state index in [1.165, 1.54) is 22.7 Å². The van der Waals surface area contributed by atoms with Crippen LogP contribution in [0.5, 0.6) is 0 Å². The second-order valence-corrected chi connectivity index (χ2v) is 7.41. The van der Waals surface area contributed by atoms with Gasteiger partial charge in [-0.15, -0.1) is 0 Å². The van der Waals surface area contributed by atoms with E-state index in [0.717, 1.165) is 0 Å². The zero-order valence-electron chi connectivity index (χ0n) is 13.8. The summed E-state index contributed by atoms with van der Waals surface area (Å²) in [4.78, 5) is 14.2. The number of rotatable bonds is 2. The number of sulfonamides is 1. The highest BCUT2D eigenvalue weighted by molar-refractivity contribution is 7.89. The lowest BCUT2D eigenvalue weighted by atomic mass is 10.1. The Morgan fingerprint density at radius 2 is 1.92 bits per heavy atom. The number of fused-ring (bicyclic) bond motifs is 1. The summed E-state index contributed by atoms with van der Waals surface area (Å²) in [5, 5.41) is 15.4. The largest absolute Gasteiger partial charge is 0.483 e. The van der Waals surface area contributed by atoms with E-state index < -0.39 is 16.0 Å². The van der Waals surface area contributed by atoms with Gasteiger partial charge in [0.25, 0.3) is 6.47 Å². The normalized spacial score (nSPS) is 20.9. The molecule has 0 spiro atoms. The molecule has 1 fully saturated rings. The van der Waals surface area contributed by atoms with E-state index in [-0.39, 0.29) is 29.0 Å². The molecule has 1 aliphatic heterocycles. The highest BCUT2D eigenvalue weighted by Gasteiger charge is 2.25. The molecular formula is C14H20FN5O4S. The molecule has 3 rings (SSSR count). The van der Waals surface area contributed by atoms with Gasteiger partial charge in [-0.1, -0.05) is 0 Å². The number of carboxylic acid groups (broad SMARTS) is 1. The number of nitrogens with two attached hydrogens (primary N) is 1. The summed E-state index contributed by atoms with van der Waals surface area (Å²) >= 11 is 0. The van der Waals surface area contributed by atoms with E-state index in [1.807, 2.05) is 18.7 Å². The molecule has 0 saturated carbocycles. The fourth-order valence-electron chi connectivity index (χ4n) is 2.90. The van der Waals surface area contributed by atoms with Crippen molar-refractivity contribution in [3.05, 3.63) is 24.3 Å². The molecule has 0 radical (unpaired) electrons. The third kappa shape index (κ3) is 4.24. The minimum Gasteiger partial charge on any atom is -0.483 e. The fraction of sp³-hybridized carbons (Fsp3) is 0.429. The lowest BCUT2D eigenvalue weighted by molar-refractivity contribution is -0.122. The third-order valence-corrected chi connectivity index (χ3v) is 4.61. The Kier molecular flexibility index (Phi) is 5.60. The number of primary sulfonamides is 1. The number of anilines is 1. The number of carbonyl (C=O) groups is 1. The Bertz CT molecular complexity index is 859. The third-order valence-electron chi connectivity index (χ3n) is 3.72. The molecule has 4 N–H and O–H groups in total. The molecule has 2 atom stereocenters. The van der Waals surface area contributed by atoms with Gasteiger partial charge in [0, 0.05) is 31.4 Å². The van der Waals surface area contributed by atoms with Gasteiger partial charge in [-0.2, -0.15) is 9.37 Å². The Hall–Kier alpha value is -2.24. The van der Waals surface area contributed by atoms with E-state index in [4.69, 9.17) is 15.0 Å². The molecule has 9 nitrogen and oxygen atoms in total. The first-order valence-electron chi connectivity index (χ1n) is 7.46. The van der Waals surface area contributed by atoms with Crippen molar-refractivity contribution in [2.45, 2.75) is 30.8 Å². The van der Waals surface area contributed by atoms with Crippen LogP contribution < -0.4 is 15.4 Å². The maximum atomic E-state index is 14.0. The molecule has 1 aliphatic rings. The van der Waals surface area contributed by atoms with Gasteiger partial charge in [0.2, 0.25) is 21.9 Å². The van der Waals surface area contributed by atoms with Crippen LogP contribution in [0, 0.1) is 5.95 Å². The molecule has 2 aromatic heterocycles. The standard InChI is InChI=1S/C13H18FN5O2S.CH2O2/c1-8-5-18(6-9(2)16-8)13-17-12(14)11-4-3-10(7-19(11)13)22(15,20)21;2-1-3/h3-4,7-9,16H,5-6H2,1-2H3,(H2,15,20,21);1H,(H,2,3)/t8-,9-;/m0./s1. The van der Waals surface area contributed by atoms with Crippen molar-refractivity contribution in [2.24, 2.45) is 5.14 Å². The highest BCUT2D eigenvalue weighted by atomic mass is 32.2. The van der Waals surface area contributed by atoms with Crippen molar-refractivity contribution in [1.82, 2.24) is 14.7 Å². The summed E-state index contributed by atoms with van der Waals surface area (Å²) in [5.74, 6) is -0.243. The zero-order valence-corrected chi connectivity index (χ0v) is 14.6. The Labute approximate surface area is 144 Å². The fourth-order valence-corrected chi connectivity index (χ4v) is 3.41. The molecule has 3 heterocycles. The van der Waals surface area contributed by atoms with E-state index >= 15 is 0 Å². The van der Waals surface area contributed by atoms with E-state index in [1.54, 1.807) is 0 Å². The van der Waals surface area contributed by atoms with Gasteiger partial charge >= 0.3 is 0 Å². The highest BCUT2D eigenvalue weighted by Crippen LogP contribution is 2.23. The predicted octanol–water partition coefficient (Wildman–Crippen LogP) is 0.00820. The second-order valence-electron chi connectivity index (χ2n) is 5.85. The van der Waals surface area contributed by atoms with Gasteiger partial charge < -0.3 is 15.3 Å². The first-order valence-corrected chi connectivity index (χ1v) is 9.01. The van der Waals surface area contributed by atoms with Crippen LogP contribution in [0.4, 0.5) is 10.3 Å². The number of hydrogen-bond donors (Lipinski definition) is 3. The number of hydrogen-bond acceptors (Lipinski definition) is 6. The average Bonchev–Trinajstić information content (AvgIpc) is 2.83. The van der Waals surface area contributed by atoms with Crippen LogP contribution >= 0.6 is 0 Å². The minimum absolute atomic E-state index is 0.0742. The Balaban J connectivity index is 0.000000701. The smallest absolute Gasteiger partial charge is 0.290 e. The van der Waals surface area contributed by atoms with Gasteiger partial charge in [0.1, 0.15) is 5.52 Å². The summed E-state index contributed by atoms with van der Waals surface area (Å²) in [7, 11) is -3.86. The van der Waals surface area contributed by atoms with Crippen LogP contribution in [0.3, 0.4) is 0 Å². The number of imidazole rings is 1. The van der Waals surface area contributed by atoms with Gasteiger partial charge in [0.05, 0.1) is 4.90 Å². The summed E-state index contributed by atoms with van der Waals surface area (Å²) in [6.07, 6.45) is 1.31. The van der Waals surface area contributed by atoms with E-state index in [9.17, 15) is 12.8 Å². The number of nitrogens with one attached hydrogen (secondary N) is 1. The van der Waals surface area contributed by atoms with Crippen LogP contribution in [-0.4, -0.2) is 54.6 Å². The van der Waals surface area contributed by atoms with Crippen molar-refractivity contribution < 1.29 is 22.7 Å². The van der Waals surface area contributed by atoms with E-state index in [2.05, 4.69) is 10.3 Å². The molecule has 0 unspecified atom stereocenters. The van der Waals surface area contributed by atoms with Crippen molar-refractivity contribution >= 4 is 28.0 Å². The molecule has 0 bridgehead atoms. The molecule has 11 heteroatoms. The van der Waals surface area contributed by atoms with Gasteiger partial charge in [0.15, 0.2) is 0 Å². The van der Waals surface area contributed by atoms with Gasteiger partial charge in [-0.05, 0) is 26.0 Å². The molecule has 25 heavy (non-hydrogen) atoms. The first-order chi connectivity index (χ1) is 11.7. The molecule has 138 valence electrons. The lowest BCUT2D eigenvalue weighted by Crippen LogP contribution is -2.54. The topological polar surface area (TPSA) is 130 Å². The van der Waals surface area contributed by atoms with Crippen LogP contribution in [0.1, 0.15) is 13.8 Å². The number of halogens is 1. The van der Waals surface area contributed by atoms with Crippen LogP contribution in [0.15, 0.2) is 23.2 Å². The van der Waals surface area contributed by atoms with Crippen LogP contribution in [0.25, 0.3) is 5.52 Å².